The highest BCUT2D eigenvalue weighted by atomic mass is 16.5. The van der Waals surface area contributed by atoms with Crippen molar-refractivity contribution in [3.8, 4) is 0 Å². The van der Waals surface area contributed by atoms with Gasteiger partial charge in [0.15, 0.2) is 0 Å². The van der Waals surface area contributed by atoms with E-state index >= 15 is 0 Å². The third kappa shape index (κ3) is 2.10. The second kappa shape index (κ2) is 4.66. The summed E-state index contributed by atoms with van der Waals surface area (Å²) in [5, 5.41) is 0.680. The van der Waals surface area contributed by atoms with E-state index in [1.54, 1.807) is 11.6 Å². The number of hydrogen-bond acceptors (Lipinski definition) is 4. The zero-order valence-corrected chi connectivity index (χ0v) is 11.2. The first-order valence-electron chi connectivity index (χ1n) is 6.47. The quantitative estimate of drug-likeness (QED) is 0.769. The summed E-state index contributed by atoms with van der Waals surface area (Å²) >= 11 is 0. The van der Waals surface area contributed by atoms with Crippen molar-refractivity contribution < 1.29 is 4.74 Å². The van der Waals surface area contributed by atoms with Gasteiger partial charge in [0.2, 0.25) is 5.95 Å². The van der Waals surface area contributed by atoms with Crippen LogP contribution in [0, 0.1) is 6.92 Å². The topological polar surface area (TPSA) is 47.4 Å². The van der Waals surface area contributed by atoms with Crippen molar-refractivity contribution >= 4 is 16.9 Å². The van der Waals surface area contributed by atoms with E-state index in [1.165, 1.54) is 0 Å². The first-order valence-corrected chi connectivity index (χ1v) is 6.47. The Morgan fingerprint density at radius 2 is 2.00 bits per heavy atom. The van der Waals surface area contributed by atoms with Gasteiger partial charge in [0.25, 0.3) is 5.56 Å². The maximum absolute atomic E-state index is 12.4. The number of fused-ring (bicyclic) bond motifs is 1. The van der Waals surface area contributed by atoms with Crippen molar-refractivity contribution in [1.82, 2.24) is 9.55 Å². The van der Waals surface area contributed by atoms with Gasteiger partial charge in [-0.3, -0.25) is 9.36 Å². The molecule has 1 aliphatic heterocycles. The summed E-state index contributed by atoms with van der Waals surface area (Å²) in [5.41, 5.74) is 1.84. The zero-order chi connectivity index (χ0) is 13.4. The van der Waals surface area contributed by atoms with E-state index < -0.39 is 0 Å². The minimum Gasteiger partial charge on any atom is -0.378 e. The highest BCUT2D eigenvalue weighted by molar-refractivity contribution is 5.79. The lowest BCUT2D eigenvalue weighted by Gasteiger charge is -2.29. The predicted molar refractivity (Wildman–Crippen MR) is 74.8 cm³/mol. The molecule has 3 rings (SSSR count). The van der Waals surface area contributed by atoms with Crippen LogP contribution in [0.15, 0.2) is 23.0 Å². The highest BCUT2D eigenvalue weighted by Crippen LogP contribution is 2.16. The second-order valence-corrected chi connectivity index (χ2v) is 4.90. The van der Waals surface area contributed by atoms with Gasteiger partial charge < -0.3 is 9.64 Å². The van der Waals surface area contributed by atoms with Crippen molar-refractivity contribution in [3.05, 3.63) is 34.1 Å². The van der Waals surface area contributed by atoms with Gasteiger partial charge in [0, 0.05) is 20.1 Å². The van der Waals surface area contributed by atoms with Crippen LogP contribution in [0.5, 0.6) is 0 Å². The number of aromatic nitrogens is 2. The van der Waals surface area contributed by atoms with E-state index in [9.17, 15) is 4.79 Å². The first kappa shape index (κ1) is 12.2. The maximum Gasteiger partial charge on any atom is 0.262 e. The molecule has 0 spiro atoms. The number of rotatable bonds is 1. The largest absolute Gasteiger partial charge is 0.378 e. The third-order valence-electron chi connectivity index (χ3n) is 3.50. The Bertz CT molecular complexity index is 672. The minimum absolute atomic E-state index is 0.00944. The van der Waals surface area contributed by atoms with Crippen LogP contribution in [-0.2, 0) is 11.8 Å². The molecule has 5 heteroatoms. The fraction of sp³-hybridized carbons (Fsp3) is 0.429. The molecule has 5 nitrogen and oxygen atoms in total. The number of anilines is 1. The summed E-state index contributed by atoms with van der Waals surface area (Å²) in [6.45, 7) is 4.90. The van der Waals surface area contributed by atoms with E-state index in [2.05, 4.69) is 9.88 Å². The van der Waals surface area contributed by atoms with Gasteiger partial charge >= 0.3 is 0 Å². The molecular formula is C14H17N3O2. The van der Waals surface area contributed by atoms with Crippen molar-refractivity contribution in [2.45, 2.75) is 6.92 Å². The molecule has 0 unspecified atom stereocenters. The molecule has 100 valence electrons. The molecule has 0 radical (unpaired) electrons. The lowest BCUT2D eigenvalue weighted by atomic mass is 10.2. The minimum atomic E-state index is 0.00944. The Kier molecular flexibility index (Phi) is 2.98. The van der Waals surface area contributed by atoms with Crippen molar-refractivity contribution in [1.29, 1.82) is 0 Å². The fourth-order valence-corrected chi connectivity index (χ4v) is 2.42. The Balaban J connectivity index is 2.18. The summed E-state index contributed by atoms with van der Waals surface area (Å²) in [5.74, 6) is 0.727. The zero-order valence-electron chi connectivity index (χ0n) is 11.2. The van der Waals surface area contributed by atoms with Gasteiger partial charge in [-0.25, -0.2) is 4.98 Å². The van der Waals surface area contributed by atoms with Gasteiger partial charge in [0.05, 0.1) is 24.1 Å². The number of ether oxygens (including phenoxy) is 1. The average molecular weight is 259 g/mol. The van der Waals surface area contributed by atoms with Gasteiger partial charge in [-0.05, 0) is 19.1 Å². The van der Waals surface area contributed by atoms with Crippen LogP contribution in [0.1, 0.15) is 5.56 Å². The molecule has 0 bridgehead atoms. The summed E-state index contributed by atoms with van der Waals surface area (Å²) in [6, 6.07) is 5.79. The van der Waals surface area contributed by atoms with Crippen molar-refractivity contribution in [3.63, 3.8) is 0 Å². The predicted octanol–water partition coefficient (Wildman–Crippen LogP) is 1.08. The molecule has 1 fully saturated rings. The number of nitrogens with zero attached hydrogens (tertiary/aromatic N) is 3. The molecule has 2 aromatic rings. The van der Waals surface area contributed by atoms with E-state index in [1.807, 2.05) is 25.1 Å². The molecule has 1 aromatic carbocycles. The number of benzene rings is 1. The van der Waals surface area contributed by atoms with E-state index in [0.717, 1.165) is 30.1 Å². The molecule has 2 heterocycles. The van der Waals surface area contributed by atoms with Crippen LogP contribution < -0.4 is 10.5 Å². The van der Waals surface area contributed by atoms with E-state index in [-0.39, 0.29) is 5.56 Å². The average Bonchev–Trinajstić information content (AvgIpc) is 2.44. The SMILES string of the molecule is Cc1ccc2nc(N3CCOCC3)n(C)c(=O)c2c1. The summed E-state index contributed by atoms with van der Waals surface area (Å²) < 4.78 is 6.97. The summed E-state index contributed by atoms with van der Waals surface area (Å²) in [7, 11) is 1.78. The Morgan fingerprint density at radius 1 is 1.26 bits per heavy atom. The molecule has 1 saturated heterocycles. The molecule has 0 aliphatic carbocycles. The molecule has 0 N–H and O–H groups in total. The maximum atomic E-state index is 12.4. The molecule has 0 saturated carbocycles. The Hall–Kier alpha value is -1.88. The standard InChI is InChI=1S/C14H17N3O2/c1-10-3-4-12-11(9-10)13(18)16(2)14(15-12)17-5-7-19-8-6-17/h3-4,9H,5-8H2,1-2H3. The van der Waals surface area contributed by atoms with Crippen LogP contribution in [0.2, 0.25) is 0 Å². The fourth-order valence-electron chi connectivity index (χ4n) is 2.42. The third-order valence-corrected chi connectivity index (χ3v) is 3.50. The molecule has 1 aromatic heterocycles. The summed E-state index contributed by atoms with van der Waals surface area (Å²) in [6.07, 6.45) is 0. The lowest BCUT2D eigenvalue weighted by Crippen LogP contribution is -2.40. The molecule has 0 atom stereocenters. The van der Waals surface area contributed by atoms with Crippen molar-refractivity contribution in [2.24, 2.45) is 7.05 Å². The highest BCUT2D eigenvalue weighted by Gasteiger charge is 2.17. The van der Waals surface area contributed by atoms with Gasteiger partial charge in [-0.1, -0.05) is 11.6 Å². The number of hydrogen-bond donors (Lipinski definition) is 0. The smallest absolute Gasteiger partial charge is 0.262 e. The van der Waals surface area contributed by atoms with Gasteiger partial charge in [-0.15, -0.1) is 0 Å². The van der Waals surface area contributed by atoms with Gasteiger partial charge in [0.1, 0.15) is 0 Å². The van der Waals surface area contributed by atoms with Crippen LogP contribution in [0.25, 0.3) is 10.9 Å². The normalized spacial score (nSPS) is 16.0. The lowest BCUT2D eigenvalue weighted by molar-refractivity contribution is 0.121. The molecule has 1 aliphatic rings. The van der Waals surface area contributed by atoms with E-state index in [0.29, 0.717) is 18.6 Å². The number of morpholine rings is 1. The Morgan fingerprint density at radius 3 is 2.74 bits per heavy atom. The van der Waals surface area contributed by atoms with Crippen molar-refractivity contribution in [2.75, 3.05) is 31.2 Å². The molecule has 19 heavy (non-hydrogen) atoms. The van der Waals surface area contributed by atoms with Crippen LogP contribution in [-0.4, -0.2) is 35.9 Å². The summed E-state index contributed by atoms with van der Waals surface area (Å²) in [4.78, 5) is 19.1. The molecular weight excluding hydrogens is 242 g/mol. The van der Waals surface area contributed by atoms with Crippen LogP contribution in [0.3, 0.4) is 0 Å². The van der Waals surface area contributed by atoms with Gasteiger partial charge in [-0.2, -0.15) is 0 Å². The monoisotopic (exact) mass is 259 g/mol. The van der Waals surface area contributed by atoms with E-state index in [4.69, 9.17) is 4.74 Å². The first-order chi connectivity index (χ1) is 9.16. The number of aryl methyl sites for hydroxylation is 1. The Labute approximate surface area is 111 Å². The van der Waals surface area contributed by atoms with Crippen LogP contribution in [0.4, 0.5) is 5.95 Å². The van der Waals surface area contributed by atoms with Crippen LogP contribution >= 0.6 is 0 Å². The molecule has 0 amide bonds. The second-order valence-electron chi connectivity index (χ2n) is 4.90.